The second-order valence-corrected chi connectivity index (χ2v) is 12.6. The molecule has 2 N–H and O–H groups in total. The van der Waals surface area contributed by atoms with Gasteiger partial charge in [-0.3, -0.25) is 13.8 Å². The molecule has 0 spiro atoms. The Labute approximate surface area is 239 Å². The van der Waals surface area contributed by atoms with E-state index in [1.807, 2.05) is 0 Å². The Morgan fingerprint density at radius 1 is 0.786 bits per heavy atom. The van der Waals surface area contributed by atoms with Crippen LogP contribution in [0.5, 0.6) is 0 Å². The van der Waals surface area contributed by atoms with Crippen molar-refractivity contribution in [3.05, 3.63) is 114 Å². The molecule has 220 valence electrons. The van der Waals surface area contributed by atoms with Crippen molar-refractivity contribution in [1.82, 2.24) is 0 Å². The van der Waals surface area contributed by atoms with Gasteiger partial charge in [0.05, 0.1) is 21.0 Å². The second-order valence-electron chi connectivity index (χ2n) is 9.06. The lowest BCUT2D eigenvalue weighted by Crippen LogP contribution is -2.38. The number of anilines is 3. The molecule has 0 unspecified atom stereocenters. The number of nitrogens with zero attached hydrogens (tertiary/aromatic N) is 1. The van der Waals surface area contributed by atoms with Gasteiger partial charge in [0.15, 0.2) is 0 Å². The molecule has 0 fully saturated rings. The number of aryl methyl sites for hydroxylation is 1. The van der Waals surface area contributed by atoms with Gasteiger partial charge in [0, 0.05) is 11.4 Å². The van der Waals surface area contributed by atoms with Crippen LogP contribution in [-0.4, -0.2) is 29.3 Å². The zero-order valence-electron chi connectivity index (χ0n) is 21.8. The molecule has 4 aromatic rings. The molecule has 0 aromatic heterocycles. The minimum absolute atomic E-state index is 0.126. The van der Waals surface area contributed by atoms with Gasteiger partial charge in [-0.2, -0.15) is 13.2 Å². The molecule has 0 bridgehead atoms. The van der Waals surface area contributed by atoms with Crippen LogP contribution in [0.4, 0.5) is 34.6 Å². The van der Waals surface area contributed by atoms with Crippen LogP contribution >= 0.6 is 0 Å². The summed E-state index contributed by atoms with van der Waals surface area (Å²) in [6.07, 6.45) is -4.66. The lowest BCUT2D eigenvalue weighted by Gasteiger charge is -2.24. The monoisotopic (exact) mass is 621 g/mol. The SMILES string of the molecule is Cc1ccc(N(CC(=O)Nc2ccc(S(=O)(=O)Nc3cccc(C(F)(F)F)c3)cc2)S(=O)(=O)c2ccc(F)cc2)cc1. The molecular formula is C28H23F4N3O5S2. The third kappa shape index (κ3) is 7.25. The standard InChI is InChI=1S/C28H23F4N3O5S2/c1-19-5-11-24(12-6-19)35(42(39,40)26-13-7-21(29)8-14-26)18-27(36)33-22-9-15-25(16-10-22)41(37,38)34-23-4-2-3-20(17-23)28(30,31)32/h2-17,34H,18H2,1H3,(H,33,36). The summed E-state index contributed by atoms with van der Waals surface area (Å²) in [7, 11) is -8.57. The maximum absolute atomic E-state index is 13.4. The summed E-state index contributed by atoms with van der Waals surface area (Å²) < 4.78 is 107. The second kappa shape index (κ2) is 11.8. The Morgan fingerprint density at radius 2 is 1.38 bits per heavy atom. The average molecular weight is 622 g/mol. The van der Waals surface area contributed by atoms with Crippen LogP contribution in [0.3, 0.4) is 0 Å². The predicted octanol–water partition coefficient (Wildman–Crippen LogP) is 5.79. The summed E-state index contributed by atoms with van der Waals surface area (Å²) in [5.41, 5.74) is -0.161. The van der Waals surface area contributed by atoms with Crippen molar-refractivity contribution >= 4 is 43.0 Å². The molecule has 14 heteroatoms. The Morgan fingerprint density at radius 3 is 1.98 bits per heavy atom. The molecule has 1 amide bonds. The van der Waals surface area contributed by atoms with E-state index in [4.69, 9.17) is 0 Å². The number of carbonyl (C=O) groups excluding carboxylic acids is 1. The molecule has 0 atom stereocenters. The molecule has 0 aliphatic heterocycles. The van der Waals surface area contributed by atoms with Gasteiger partial charge in [-0.1, -0.05) is 23.8 Å². The van der Waals surface area contributed by atoms with Crippen LogP contribution in [0.15, 0.2) is 107 Å². The largest absolute Gasteiger partial charge is 0.416 e. The maximum Gasteiger partial charge on any atom is 0.416 e. The van der Waals surface area contributed by atoms with E-state index in [0.717, 1.165) is 58.4 Å². The smallest absolute Gasteiger partial charge is 0.325 e. The Balaban J connectivity index is 1.51. The lowest BCUT2D eigenvalue weighted by atomic mass is 10.2. The first-order chi connectivity index (χ1) is 19.6. The van der Waals surface area contributed by atoms with E-state index in [-0.39, 0.29) is 26.9 Å². The summed E-state index contributed by atoms with van der Waals surface area (Å²) in [6.45, 7) is 1.13. The molecule has 0 saturated heterocycles. The van der Waals surface area contributed by atoms with Crippen molar-refractivity contribution < 1.29 is 39.2 Å². The van der Waals surface area contributed by atoms with Crippen molar-refractivity contribution in [2.24, 2.45) is 0 Å². The normalized spacial score (nSPS) is 12.0. The van der Waals surface area contributed by atoms with E-state index in [1.54, 1.807) is 19.1 Å². The number of benzene rings is 4. The van der Waals surface area contributed by atoms with Gasteiger partial charge >= 0.3 is 6.18 Å². The fourth-order valence-corrected chi connectivity index (χ4v) is 6.25. The molecule has 0 heterocycles. The zero-order valence-corrected chi connectivity index (χ0v) is 23.4. The van der Waals surface area contributed by atoms with E-state index in [2.05, 4.69) is 10.0 Å². The van der Waals surface area contributed by atoms with E-state index in [0.29, 0.717) is 6.07 Å². The number of hydrogen-bond acceptors (Lipinski definition) is 5. The average Bonchev–Trinajstić information content (AvgIpc) is 2.92. The number of halogens is 4. The van der Waals surface area contributed by atoms with Crippen molar-refractivity contribution in [1.29, 1.82) is 0 Å². The van der Waals surface area contributed by atoms with Crippen molar-refractivity contribution in [3.63, 3.8) is 0 Å². The number of carbonyl (C=O) groups is 1. The topological polar surface area (TPSA) is 113 Å². The van der Waals surface area contributed by atoms with Crippen LogP contribution in [0.1, 0.15) is 11.1 Å². The third-order valence-corrected chi connectivity index (χ3v) is 9.09. The summed E-state index contributed by atoms with van der Waals surface area (Å²) >= 11 is 0. The first-order valence-electron chi connectivity index (χ1n) is 12.1. The number of nitrogens with one attached hydrogen (secondary N) is 2. The van der Waals surface area contributed by atoms with Gasteiger partial charge in [-0.25, -0.2) is 21.2 Å². The van der Waals surface area contributed by atoms with Crippen LogP contribution < -0.4 is 14.3 Å². The highest BCUT2D eigenvalue weighted by Crippen LogP contribution is 2.31. The lowest BCUT2D eigenvalue weighted by molar-refractivity contribution is -0.137. The molecular weight excluding hydrogens is 598 g/mol. The number of amides is 1. The number of hydrogen-bond donors (Lipinski definition) is 2. The van der Waals surface area contributed by atoms with Crippen molar-refractivity contribution in [2.75, 3.05) is 20.9 Å². The molecule has 42 heavy (non-hydrogen) atoms. The van der Waals surface area contributed by atoms with E-state index in [1.165, 1.54) is 30.3 Å². The Hall–Kier alpha value is -4.43. The fraction of sp³-hybridized carbons (Fsp3) is 0.107. The van der Waals surface area contributed by atoms with Gasteiger partial charge in [0.2, 0.25) is 5.91 Å². The van der Waals surface area contributed by atoms with Gasteiger partial charge < -0.3 is 5.32 Å². The minimum atomic E-state index is -4.66. The third-order valence-electron chi connectivity index (χ3n) is 5.90. The predicted molar refractivity (Wildman–Crippen MR) is 149 cm³/mol. The maximum atomic E-state index is 13.4. The van der Waals surface area contributed by atoms with E-state index >= 15 is 0 Å². The van der Waals surface area contributed by atoms with Crippen molar-refractivity contribution in [3.8, 4) is 0 Å². The fourth-order valence-electron chi connectivity index (χ4n) is 3.78. The van der Waals surface area contributed by atoms with Gasteiger partial charge in [-0.15, -0.1) is 0 Å². The molecule has 8 nitrogen and oxygen atoms in total. The highest BCUT2D eigenvalue weighted by atomic mass is 32.2. The highest BCUT2D eigenvalue weighted by molar-refractivity contribution is 7.93. The molecule has 0 aliphatic carbocycles. The van der Waals surface area contributed by atoms with Gasteiger partial charge in [0.25, 0.3) is 20.0 Å². The Kier molecular flexibility index (Phi) is 8.59. The van der Waals surface area contributed by atoms with Crippen LogP contribution in [0.2, 0.25) is 0 Å². The zero-order chi connectivity index (χ0) is 30.7. The first kappa shape index (κ1) is 30.5. The molecule has 4 aromatic carbocycles. The van der Waals surface area contributed by atoms with E-state index in [9.17, 15) is 39.2 Å². The Bertz CT molecular complexity index is 1790. The number of alkyl halides is 3. The van der Waals surface area contributed by atoms with Crippen LogP contribution in [0, 0.1) is 12.7 Å². The van der Waals surface area contributed by atoms with Crippen molar-refractivity contribution in [2.45, 2.75) is 22.9 Å². The van der Waals surface area contributed by atoms with Crippen LogP contribution in [-0.2, 0) is 31.0 Å². The number of sulfonamides is 2. The molecule has 0 saturated carbocycles. The minimum Gasteiger partial charge on any atom is -0.325 e. The molecule has 0 radical (unpaired) electrons. The van der Waals surface area contributed by atoms with Gasteiger partial charge in [-0.05, 0) is 85.8 Å². The molecule has 4 rings (SSSR count). The summed E-state index contributed by atoms with van der Waals surface area (Å²) in [5.74, 6) is -1.40. The van der Waals surface area contributed by atoms with E-state index < -0.39 is 50.1 Å². The quantitative estimate of drug-likeness (QED) is 0.230. The van der Waals surface area contributed by atoms with Crippen LogP contribution in [0.25, 0.3) is 0 Å². The molecule has 0 aliphatic rings. The highest BCUT2D eigenvalue weighted by Gasteiger charge is 2.31. The van der Waals surface area contributed by atoms with Gasteiger partial charge in [0.1, 0.15) is 12.4 Å². The summed E-state index contributed by atoms with van der Waals surface area (Å²) in [5, 5.41) is 2.49. The summed E-state index contributed by atoms with van der Waals surface area (Å²) in [6, 6.07) is 18.9. The number of rotatable bonds is 9. The first-order valence-corrected chi connectivity index (χ1v) is 15.0. The summed E-state index contributed by atoms with van der Waals surface area (Å²) in [4.78, 5) is 12.4.